The summed E-state index contributed by atoms with van der Waals surface area (Å²) in [6.45, 7) is 0. The Balaban J connectivity index is 2.10. The molecule has 0 aromatic heterocycles. The highest BCUT2D eigenvalue weighted by Gasteiger charge is 2.23. The van der Waals surface area contributed by atoms with Gasteiger partial charge in [0.25, 0.3) is 5.91 Å². The second-order valence-corrected chi connectivity index (χ2v) is 5.25. The van der Waals surface area contributed by atoms with Crippen LogP contribution in [0.1, 0.15) is 5.56 Å². The number of hydrogen-bond acceptors (Lipinski definition) is 4. The van der Waals surface area contributed by atoms with Crippen LogP contribution in [0.15, 0.2) is 44.0 Å². The number of rotatable bonds is 2. The Labute approximate surface area is 120 Å². The molecule has 0 aliphatic carbocycles. The minimum Gasteiger partial charge on any atom is -0.271 e. The number of hydrazone groups is 1. The molecular weight excluding hydrogens is 364 g/mol. The van der Waals surface area contributed by atoms with E-state index in [2.05, 4.69) is 52.6 Å². The van der Waals surface area contributed by atoms with E-state index in [4.69, 9.17) is 0 Å². The molecule has 1 N–H and O–H groups in total. The summed E-state index contributed by atoms with van der Waals surface area (Å²) in [6, 6.07) is 7.64. The molecule has 1 unspecified atom stereocenters. The van der Waals surface area contributed by atoms with Gasteiger partial charge >= 0.3 is 0 Å². The van der Waals surface area contributed by atoms with Gasteiger partial charge in [0.05, 0.1) is 12.4 Å². The molecule has 1 aromatic rings. The largest absolute Gasteiger partial charge is 0.271 e. The Morgan fingerprint density at radius 1 is 1.33 bits per heavy atom. The predicted octanol–water partition coefficient (Wildman–Crippen LogP) is 2.10. The third-order valence-corrected chi connectivity index (χ3v) is 3.53. The number of nitrogens with one attached hydrogen (secondary N) is 1. The molecule has 0 radical (unpaired) electrons. The van der Waals surface area contributed by atoms with Crippen molar-refractivity contribution >= 4 is 55.9 Å². The average molecular weight is 372 g/mol. The van der Waals surface area contributed by atoms with Crippen LogP contribution in [0.5, 0.6) is 0 Å². The van der Waals surface area contributed by atoms with E-state index < -0.39 is 4.83 Å². The molecule has 5 nitrogen and oxygen atoms in total. The summed E-state index contributed by atoms with van der Waals surface area (Å²) in [5, 5.41) is 11.5. The van der Waals surface area contributed by atoms with Gasteiger partial charge in [0, 0.05) is 4.47 Å². The minimum absolute atomic E-state index is 0.255. The lowest BCUT2D eigenvalue weighted by Gasteiger charge is -2.10. The molecule has 1 aliphatic heterocycles. The molecule has 1 atom stereocenters. The predicted molar refractivity (Wildman–Crippen MR) is 78.5 cm³/mol. The molecule has 0 spiro atoms. The van der Waals surface area contributed by atoms with Crippen molar-refractivity contribution in [1.82, 2.24) is 5.43 Å². The summed E-state index contributed by atoms with van der Waals surface area (Å²) in [7, 11) is 0. The molecule has 18 heavy (non-hydrogen) atoms. The normalized spacial score (nSPS) is 21.6. The molecule has 0 saturated carbocycles. The molecule has 1 heterocycles. The van der Waals surface area contributed by atoms with Crippen molar-refractivity contribution in [2.45, 2.75) is 4.83 Å². The second kappa shape index (κ2) is 6.01. The maximum atomic E-state index is 11.3. The van der Waals surface area contributed by atoms with Crippen molar-refractivity contribution in [2.24, 2.45) is 15.3 Å². The van der Waals surface area contributed by atoms with Crippen LogP contribution >= 0.6 is 31.9 Å². The van der Waals surface area contributed by atoms with Gasteiger partial charge in [0.1, 0.15) is 10.5 Å². The highest BCUT2D eigenvalue weighted by molar-refractivity contribution is 9.10. The van der Waals surface area contributed by atoms with E-state index in [-0.39, 0.29) is 5.91 Å². The summed E-state index contributed by atoms with van der Waals surface area (Å²) >= 11 is 6.55. The van der Waals surface area contributed by atoms with Crippen LogP contribution < -0.4 is 5.43 Å². The number of nitrogens with zero attached hydrogens (tertiary/aromatic N) is 3. The van der Waals surface area contributed by atoms with Crippen LogP contribution in [0.4, 0.5) is 0 Å². The lowest BCUT2D eigenvalue weighted by Crippen LogP contribution is -2.38. The van der Waals surface area contributed by atoms with Gasteiger partial charge in [-0.05, 0) is 17.7 Å². The van der Waals surface area contributed by atoms with Crippen LogP contribution in [0.2, 0.25) is 0 Å². The molecule has 1 aliphatic rings. The van der Waals surface area contributed by atoms with E-state index in [0.717, 1.165) is 10.0 Å². The quantitative estimate of drug-likeness (QED) is 0.483. The minimum atomic E-state index is -0.517. The summed E-state index contributed by atoms with van der Waals surface area (Å²) < 4.78 is 1.00. The fourth-order valence-electron chi connectivity index (χ4n) is 1.21. The first-order valence-electron chi connectivity index (χ1n) is 5.00. The highest BCUT2D eigenvalue weighted by atomic mass is 79.9. The topological polar surface area (TPSA) is 66.2 Å². The lowest BCUT2D eigenvalue weighted by molar-refractivity contribution is -0.119. The Morgan fingerprint density at radius 2 is 2.06 bits per heavy atom. The Hall–Kier alpha value is -1.34. The lowest BCUT2D eigenvalue weighted by atomic mass is 10.2. The summed E-state index contributed by atoms with van der Waals surface area (Å²) in [4.78, 5) is 10.7. The van der Waals surface area contributed by atoms with Crippen molar-refractivity contribution in [3.63, 3.8) is 0 Å². The number of hydrogen-bond donors (Lipinski definition) is 1. The fourth-order valence-corrected chi connectivity index (χ4v) is 1.78. The number of amides is 1. The zero-order valence-corrected chi connectivity index (χ0v) is 12.2. The van der Waals surface area contributed by atoms with Crippen molar-refractivity contribution < 1.29 is 4.79 Å². The van der Waals surface area contributed by atoms with E-state index in [1.807, 2.05) is 24.3 Å². The number of carbonyl (C=O) groups is 1. The smallest absolute Gasteiger partial charge is 0.260 e. The van der Waals surface area contributed by atoms with Gasteiger partial charge in [-0.25, -0.2) is 5.43 Å². The van der Waals surface area contributed by atoms with Gasteiger partial charge in [-0.2, -0.15) is 15.3 Å². The van der Waals surface area contributed by atoms with Crippen molar-refractivity contribution in [3.8, 4) is 0 Å². The molecular formula is C11H8Br2N4O. The second-order valence-electron chi connectivity index (χ2n) is 3.42. The molecule has 0 fully saturated rings. The van der Waals surface area contributed by atoms with Gasteiger partial charge in [0.15, 0.2) is 0 Å². The van der Waals surface area contributed by atoms with Crippen LogP contribution in [0.25, 0.3) is 0 Å². The molecule has 2 rings (SSSR count). The third kappa shape index (κ3) is 3.33. The monoisotopic (exact) mass is 370 g/mol. The zero-order chi connectivity index (χ0) is 13.0. The maximum absolute atomic E-state index is 11.3. The van der Waals surface area contributed by atoms with Crippen LogP contribution in [-0.2, 0) is 4.79 Å². The molecule has 0 saturated heterocycles. The van der Waals surface area contributed by atoms with Crippen molar-refractivity contribution in [1.29, 1.82) is 0 Å². The summed E-state index contributed by atoms with van der Waals surface area (Å²) in [5.74, 6) is -0.255. The summed E-state index contributed by atoms with van der Waals surface area (Å²) in [6.07, 6.45) is 3.07. The van der Waals surface area contributed by atoms with Gasteiger partial charge in [-0.3, -0.25) is 4.79 Å². The van der Waals surface area contributed by atoms with Gasteiger partial charge in [-0.1, -0.05) is 44.0 Å². The first-order chi connectivity index (χ1) is 8.66. The van der Waals surface area contributed by atoms with Crippen LogP contribution in [0.3, 0.4) is 0 Å². The van der Waals surface area contributed by atoms with Gasteiger partial charge in [0.2, 0.25) is 0 Å². The number of benzene rings is 1. The fraction of sp³-hybridized carbons (Fsp3) is 0.0909. The van der Waals surface area contributed by atoms with E-state index in [0.29, 0.717) is 5.71 Å². The van der Waals surface area contributed by atoms with E-state index >= 15 is 0 Å². The van der Waals surface area contributed by atoms with Crippen molar-refractivity contribution in [2.75, 3.05) is 0 Å². The number of alkyl halides is 1. The van der Waals surface area contributed by atoms with Crippen LogP contribution in [0, 0.1) is 0 Å². The molecule has 1 amide bonds. The SMILES string of the molecule is O=C1NN=C/C(=N/N=C\c2ccc(Br)cc2)C1Br. The average Bonchev–Trinajstić information content (AvgIpc) is 2.37. The van der Waals surface area contributed by atoms with E-state index in [9.17, 15) is 4.79 Å². The molecule has 0 bridgehead atoms. The Kier molecular flexibility index (Phi) is 4.38. The number of halogens is 2. The number of carbonyl (C=O) groups excluding carboxylic acids is 1. The van der Waals surface area contributed by atoms with Gasteiger partial charge < -0.3 is 0 Å². The maximum Gasteiger partial charge on any atom is 0.260 e. The Bertz CT molecular complexity index is 536. The third-order valence-electron chi connectivity index (χ3n) is 2.11. The highest BCUT2D eigenvalue weighted by Crippen LogP contribution is 2.09. The zero-order valence-electron chi connectivity index (χ0n) is 9.05. The van der Waals surface area contributed by atoms with Gasteiger partial charge in [-0.15, -0.1) is 0 Å². The van der Waals surface area contributed by atoms with Crippen LogP contribution in [-0.4, -0.2) is 28.9 Å². The standard InChI is InChI=1S/C11H8Br2N4O/c12-8-3-1-7(2-4-8)5-14-16-9-6-15-17-11(18)10(9)13/h1-6,10H,(H,17,18)/b14-5-,16-9-. The molecule has 7 heteroatoms. The summed E-state index contributed by atoms with van der Waals surface area (Å²) in [5.41, 5.74) is 3.71. The van der Waals surface area contributed by atoms with E-state index in [1.165, 1.54) is 6.21 Å². The Morgan fingerprint density at radius 3 is 2.78 bits per heavy atom. The molecule has 92 valence electrons. The first-order valence-corrected chi connectivity index (χ1v) is 6.71. The molecule has 1 aromatic carbocycles. The first kappa shape index (κ1) is 13.1. The van der Waals surface area contributed by atoms with Crippen molar-refractivity contribution in [3.05, 3.63) is 34.3 Å². The van der Waals surface area contributed by atoms with E-state index in [1.54, 1.807) is 6.21 Å².